The molecular weight excluding hydrogens is 176 g/mol. The SMILES string of the molecule is CCCCCC=CC(C)=C(C)C(=O)O. The zero-order valence-electron chi connectivity index (χ0n) is 9.34. The van der Waals surface area contributed by atoms with Crippen LogP contribution in [0, 0.1) is 0 Å². The fourth-order valence-corrected chi connectivity index (χ4v) is 1.07. The van der Waals surface area contributed by atoms with Crippen LogP contribution in [-0.2, 0) is 4.79 Å². The molecule has 0 spiro atoms. The zero-order valence-corrected chi connectivity index (χ0v) is 9.34. The van der Waals surface area contributed by atoms with Crippen molar-refractivity contribution in [2.24, 2.45) is 0 Å². The Morgan fingerprint density at radius 3 is 2.43 bits per heavy atom. The number of allylic oxidation sites excluding steroid dienone is 3. The molecule has 0 aliphatic heterocycles. The number of carboxylic acids is 1. The summed E-state index contributed by atoms with van der Waals surface area (Å²) in [6, 6.07) is 0. The largest absolute Gasteiger partial charge is 0.478 e. The highest BCUT2D eigenvalue weighted by Gasteiger charge is 2.01. The molecule has 0 heterocycles. The molecule has 0 unspecified atom stereocenters. The van der Waals surface area contributed by atoms with Gasteiger partial charge in [-0.15, -0.1) is 0 Å². The molecule has 0 amide bonds. The highest BCUT2D eigenvalue weighted by atomic mass is 16.4. The molecule has 0 radical (unpaired) electrons. The quantitative estimate of drug-likeness (QED) is 0.401. The van der Waals surface area contributed by atoms with Crippen molar-refractivity contribution in [3.63, 3.8) is 0 Å². The lowest BCUT2D eigenvalue weighted by Gasteiger charge is -1.97. The molecule has 2 heteroatoms. The molecule has 80 valence electrons. The van der Waals surface area contributed by atoms with E-state index in [1.165, 1.54) is 19.3 Å². The summed E-state index contributed by atoms with van der Waals surface area (Å²) in [5.41, 5.74) is 1.27. The molecule has 0 saturated carbocycles. The molecule has 0 aromatic heterocycles. The number of aliphatic carboxylic acids is 1. The van der Waals surface area contributed by atoms with Gasteiger partial charge in [-0.05, 0) is 32.3 Å². The molecule has 0 rings (SSSR count). The summed E-state index contributed by atoms with van der Waals surface area (Å²) in [4.78, 5) is 10.6. The van der Waals surface area contributed by atoms with Crippen molar-refractivity contribution in [3.05, 3.63) is 23.3 Å². The second-order valence-corrected chi connectivity index (χ2v) is 3.51. The molecule has 2 nitrogen and oxygen atoms in total. The Hall–Kier alpha value is -1.05. The summed E-state index contributed by atoms with van der Waals surface area (Å²) in [5, 5.41) is 8.70. The fourth-order valence-electron chi connectivity index (χ4n) is 1.07. The zero-order chi connectivity index (χ0) is 11.0. The summed E-state index contributed by atoms with van der Waals surface area (Å²) in [5.74, 6) is -0.833. The lowest BCUT2D eigenvalue weighted by atomic mass is 10.1. The number of carbonyl (C=O) groups is 1. The summed E-state index contributed by atoms with van der Waals surface area (Å²) in [6.07, 6.45) is 8.64. The summed E-state index contributed by atoms with van der Waals surface area (Å²) in [6.45, 7) is 5.64. The molecule has 1 N–H and O–H groups in total. The third-order valence-electron chi connectivity index (χ3n) is 2.25. The van der Waals surface area contributed by atoms with Crippen LogP contribution in [0.5, 0.6) is 0 Å². The van der Waals surface area contributed by atoms with Gasteiger partial charge in [0.05, 0.1) is 0 Å². The van der Waals surface area contributed by atoms with Crippen LogP contribution in [0.25, 0.3) is 0 Å². The van der Waals surface area contributed by atoms with Crippen molar-refractivity contribution in [1.82, 2.24) is 0 Å². The third-order valence-corrected chi connectivity index (χ3v) is 2.25. The lowest BCUT2D eigenvalue weighted by Crippen LogP contribution is -1.97. The van der Waals surface area contributed by atoms with E-state index in [1.54, 1.807) is 6.92 Å². The minimum absolute atomic E-state index is 0.428. The van der Waals surface area contributed by atoms with Crippen molar-refractivity contribution < 1.29 is 9.90 Å². The lowest BCUT2D eigenvalue weighted by molar-refractivity contribution is -0.132. The summed E-state index contributed by atoms with van der Waals surface area (Å²) >= 11 is 0. The van der Waals surface area contributed by atoms with Gasteiger partial charge in [-0.25, -0.2) is 4.79 Å². The van der Waals surface area contributed by atoms with Crippen LogP contribution in [0.15, 0.2) is 23.3 Å². The Labute approximate surface area is 86.3 Å². The van der Waals surface area contributed by atoms with E-state index in [-0.39, 0.29) is 0 Å². The van der Waals surface area contributed by atoms with E-state index in [0.717, 1.165) is 12.0 Å². The third kappa shape index (κ3) is 5.57. The molecule has 14 heavy (non-hydrogen) atoms. The van der Waals surface area contributed by atoms with E-state index in [2.05, 4.69) is 13.0 Å². The maximum Gasteiger partial charge on any atom is 0.331 e. The van der Waals surface area contributed by atoms with Gasteiger partial charge in [0.25, 0.3) is 0 Å². The van der Waals surface area contributed by atoms with Gasteiger partial charge in [0, 0.05) is 5.57 Å². The predicted molar refractivity (Wildman–Crippen MR) is 59.3 cm³/mol. The Morgan fingerprint density at radius 2 is 1.93 bits per heavy atom. The first kappa shape index (κ1) is 12.9. The molecule has 0 atom stereocenters. The van der Waals surface area contributed by atoms with Crippen LogP contribution >= 0.6 is 0 Å². The van der Waals surface area contributed by atoms with Crippen LogP contribution in [0.1, 0.15) is 46.5 Å². The van der Waals surface area contributed by atoms with Gasteiger partial charge in [-0.1, -0.05) is 31.9 Å². The van der Waals surface area contributed by atoms with E-state index in [9.17, 15) is 4.79 Å². The topological polar surface area (TPSA) is 37.3 Å². The predicted octanol–water partition coefficient (Wildman–Crippen LogP) is 3.54. The average Bonchev–Trinajstić information content (AvgIpc) is 2.16. The van der Waals surface area contributed by atoms with Crippen LogP contribution < -0.4 is 0 Å². The molecule has 0 bridgehead atoms. The van der Waals surface area contributed by atoms with Crippen molar-refractivity contribution >= 4 is 5.97 Å². The van der Waals surface area contributed by atoms with Gasteiger partial charge in [0.15, 0.2) is 0 Å². The molecule has 0 fully saturated rings. The smallest absolute Gasteiger partial charge is 0.331 e. The fraction of sp³-hybridized carbons (Fsp3) is 0.583. The number of carboxylic acid groups (broad SMARTS) is 1. The van der Waals surface area contributed by atoms with E-state index in [1.807, 2.05) is 13.0 Å². The van der Waals surface area contributed by atoms with Crippen LogP contribution in [0.2, 0.25) is 0 Å². The van der Waals surface area contributed by atoms with Gasteiger partial charge < -0.3 is 5.11 Å². The molecule has 0 aliphatic carbocycles. The van der Waals surface area contributed by atoms with Crippen molar-refractivity contribution in [2.45, 2.75) is 46.5 Å². The van der Waals surface area contributed by atoms with Gasteiger partial charge in [0.1, 0.15) is 0 Å². The van der Waals surface area contributed by atoms with E-state index >= 15 is 0 Å². The monoisotopic (exact) mass is 196 g/mol. The van der Waals surface area contributed by atoms with Crippen LogP contribution in [0.4, 0.5) is 0 Å². The Kier molecular flexibility index (Phi) is 6.81. The molecular formula is C12H20O2. The minimum Gasteiger partial charge on any atom is -0.478 e. The first-order valence-electron chi connectivity index (χ1n) is 5.17. The molecule has 0 saturated heterocycles. The van der Waals surface area contributed by atoms with Gasteiger partial charge in [-0.2, -0.15) is 0 Å². The standard InChI is InChI=1S/C12H20O2/c1-4-5-6-7-8-9-10(2)11(3)12(13)14/h8-9H,4-7H2,1-3H3,(H,13,14). The van der Waals surface area contributed by atoms with Crippen molar-refractivity contribution in [1.29, 1.82) is 0 Å². The van der Waals surface area contributed by atoms with Crippen molar-refractivity contribution in [3.8, 4) is 0 Å². The Balaban J connectivity index is 3.98. The minimum atomic E-state index is -0.833. The van der Waals surface area contributed by atoms with E-state index in [4.69, 9.17) is 5.11 Å². The Morgan fingerprint density at radius 1 is 1.29 bits per heavy atom. The maximum absolute atomic E-state index is 10.6. The van der Waals surface area contributed by atoms with Gasteiger partial charge in [-0.3, -0.25) is 0 Å². The van der Waals surface area contributed by atoms with E-state index < -0.39 is 5.97 Å². The van der Waals surface area contributed by atoms with Crippen LogP contribution in [-0.4, -0.2) is 11.1 Å². The first-order chi connectivity index (χ1) is 6.59. The van der Waals surface area contributed by atoms with Gasteiger partial charge >= 0.3 is 5.97 Å². The highest BCUT2D eigenvalue weighted by molar-refractivity contribution is 5.87. The Bertz CT molecular complexity index is 237. The van der Waals surface area contributed by atoms with Crippen LogP contribution in [0.3, 0.4) is 0 Å². The number of hydrogen-bond acceptors (Lipinski definition) is 1. The number of rotatable bonds is 6. The van der Waals surface area contributed by atoms with Crippen molar-refractivity contribution in [2.75, 3.05) is 0 Å². The average molecular weight is 196 g/mol. The number of hydrogen-bond donors (Lipinski definition) is 1. The summed E-state index contributed by atoms with van der Waals surface area (Å²) < 4.78 is 0. The second kappa shape index (κ2) is 7.36. The molecule has 0 aromatic carbocycles. The summed E-state index contributed by atoms with van der Waals surface area (Å²) in [7, 11) is 0. The molecule has 0 aliphatic rings. The second-order valence-electron chi connectivity index (χ2n) is 3.51. The maximum atomic E-state index is 10.6. The normalized spacial score (nSPS) is 13.1. The first-order valence-corrected chi connectivity index (χ1v) is 5.17. The highest BCUT2D eigenvalue weighted by Crippen LogP contribution is 2.07. The molecule has 0 aromatic rings. The number of unbranched alkanes of at least 4 members (excludes halogenated alkanes) is 3. The van der Waals surface area contributed by atoms with E-state index in [0.29, 0.717) is 5.57 Å². The van der Waals surface area contributed by atoms with Gasteiger partial charge in [0.2, 0.25) is 0 Å².